The van der Waals surface area contributed by atoms with Crippen molar-refractivity contribution in [2.75, 3.05) is 12.8 Å². The van der Waals surface area contributed by atoms with Crippen molar-refractivity contribution in [3.05, 3.63) is 46.3 Å². The minimum absolute atomic E-state index is 0.169. The lowest BCUT2D eigenvalue weighted by atomic mass is 10.1. The second-order valence-corrected chi connectivity index (χ2v) is 5.25. The lowest BCUT2D eigenvalue weighted by molar-refractivity contribution is 0.411. The zero-order valence-corrected chi connectivity index (χ0v) is 13.0. The highest BCUT2D eigenvalue weighted by Crippen LogP contribution is 2.27. The molecule has 6 heteroatoms. The van der Waals surface area contributed by atoms with E-state index in [1.165, 1.54) is 0 Å². The first kappa shape index (κ1) is 14.7. The van der Waals surface area contributed by atoms with Gasteiger partial charge in [-0.2, -0.15) is 0 Å². The van der Waals surface area contributed by atoms with Gasteiger partial charge in [-0.05, 0) is 46.6 Å². The molecule has 1 aromatic heterocycles. The van der Waals surface area contributed by atoms with Gasteiger partial charge in [-0.25, -0.2) is 9.97 Å². The maximum absolute atomic E-state index is 5.63. The van der Waals surface area contributed by atoms with Crippen LogP contribution in [0.5, 0.6) is 5.75 Å². The van der Waals surface area contributed by atoms with Gasteiger partial charge < -0.3 is 15.8 Å². The molecular formula is C14H17BrN4O. The van der Waals surface area contributed by atoms with Crippen LogP contribution < -0.4 is 15.8 Å². The average molecular weight is 337 g/mol. The predicted molar refractivity (Wildman–Crippen MR) is 82.4 cm³/mol. The van der Waals surface area contributed by atoms with Crippen LogP contribution in [0.25, 0.3) is 0 Å². The number of hydrogen-bond acceptors (Lipinski definition) is 5. The second-order valence-electron chi connectivity index (χ2n) is 4.39. The maximum atomic E-state index is 5.63. The van der Waals surface area contributed by atoms with E-state index in [1.54, 1.807) is 19.4 Å². The van der Waals surface area contributed by atoms with Crippen molar-refractivity contribution in [2.24, 2.45) is 0 Å². The third-order valence-electron chi connectivity index (χ3n) is 2.97. The van der Waals surface area contributed by atoms with Crippen LogP contribution in [0, 0.1) is 0 Å². The zero-order chi connectivity index (χ0) is 14.5. The Labute approximate surface area is 126 Å². The Bertz CT molecular complexity index is 591. The van der Waals surface area contributed by atoms with Crippen molar-refractivity contribution in [2.45, 2.75) is 19.5 Å². The minimum Gasteiger partial charge on any atom is -0.496 e. The molecule has 106 valence electrons. The van der Waals surface area contributed by atoms with Gasteiger partial charge in [0.25, 0.3) is 0 Å². The number of aromatic nitrogens is 2. The molecule has 0 bridgehead atoms. The van der Waals surface area contributed by atoms with Gasteiger partial charge in [-0.3, -0.25) is 0 Å². The fourth-order valence-electron chi connectivity index (χ4n) is 1.81. The monoisotopic (exact) mass is 336 g/mol. The first-order chi connectivity index (χ1) is 9.60. The van der Waals surface area contributed by atoms with Crippen molar-refractivity contribution in [3.63, 3.8) is 0 Å². The van der Waals surface area contributed by atoms with Gasteiger partial charge in [-0.15, -0.1) is 0 Å². The fraction of sp³-hybridized carbons (Fsp3) is 0.286. The number of nitrogens with one attached hydrogen (secondary N) is 1. The highest BCUT2D eigenvalue weighted by atomic mass is 79.9. The van der Waals surface area contributed by atoms with Crippen molar-refractivity contribution in [3.8, 4) is 5.75 Å². The van der Waals surface area contributed by atoms with E-state index in [2.05, 4.69) is 38.1 Å². The number of anilines is 1. The van der Waals surface area contributed by atoms with Crippen LogP contribution in [0.1, 0.15) is 24.4 Å². The third kappa shape index (κ3) is 3.68. The molecule has 1 aromatic carbocycles. The number of nitrogens with zero attached hydrogens (tertiary/aromatic N) is 2. The molecule has 0 aliphatic rings. The van der Waals surface area contributed by atoms with Gasteiger partial charge in [0, 0.05) is 12.2 Å². The number of nitrogens with two attached hydrogens (primary N) is 1. The Hall–Kier alpha value is -1.66. The lowest BCUT2D eigenvalue weighted by Gasteiger charge is -2.15. The minimum atomic E-state index is 0.169. The summed E-state index contributed by atoms with van der Waals surface area (Å²) < 4.78 is 6.16. The van der Waals surface area contributed by atoms with Crippen molar-refractivity contribution in [1.29, 1.82) is 0 Å². The summed E-state index contributed by atoms with van der Waals surface area (Å²) in [4.78, 5) is 8.33. The van der Waals surface area contributed by atoms with Crippen LogP contribution >= 0.6 is 15.9 Å². The van der Waals surface area contributed by atoms with Gasteiger partial charge in [0.2, 0.25) is 0 Å². The molecule has 1 heterocycles. The van der Waals surface area contributed by atoms with E-state index >= 15 is 0 Å². The fourth-order valence-corrected chi connectivity index (χ4v) is 2.37. The number of halogens is 1. The van der Waals surface area contributed by atoms with E-state index in [-0.39, 0.29) is 6.04 Å². The van der Waals surface area contributed by atoms with E-state index in [9.17, 15) is 0 Å². The summed E-state index contributed by atoms with van der Waals surface area (Å²) in [5, 5.41) is 3.36. The molecule has 0 aliphatic heterocycles. The number of rotatable bonds is 5. The van der Waals surface area contributed by atoms with E-state index in [4.69, 9.17) is 10.5 Å². The molecule has 0 spiro atoms. The standard InChI is InChI=1S/C14H17BrN4O/c1-9(10-3-4-12(20-2)11(15)7-10)18-8-14-17-6-5-13(16)19-14/h3-7,9,18H,8H2,1-2H3,(H2,16,17,19). The Morgan fingerprint density at radius 2 is 2.20 bits per heavy atom. The van der Waals surface area contributed by atoms with Crippen molar-refractivity contribution >= 4 is 21.7 Å². The van der Waals surface area contributed by atoms with Crippen LogP contribution in [0.4, 0.5) is 5.82 Å². The molecule has 0 amide bonds. The smallest absolute Gasteiger partial charge is 0.144 e. The third-order valence-corrected chi connectivity index (χ3v) is 3.59. The van der Waals surface area contributed by atoms with Crippen LogP contribution in [-0.2, 0) is 6.54 Å². The van der Waals surface area contributed by atoms with Gasteiger partial charge in [0.15, 0.2) is 0 Å². The highest BCUT2D eigenvalue weighted by molar-refractivity contribution is 9.10. The molecule has 0 radical (unpaired) electrons. The van der Waals surface area contributed by atoms with E-state index in [0.29, 0.717) is 18.2 Å². The van der Waals surface area contributed by atoms with E-state index in [1.807, 2.05) is 18.2 Å². The van der Waals surface area contributed by atoms with Crippen molar-refractivity contribution in [1.82, 2.24) is 15.3 Å². The molecule has 3 N–H and O–H groups in total. The van der Waals surface area contributed by atoms with Gasteiger partial charge >= 0.3 is 0 Å². The Kier molecular flexibility index (Phi) is 4.92. The van der Waals surface area contributed by atoms with Crippen LogP contribution in [0.15, 0.2) is 34.9 Å². The zero-order valence-electron chi connectivity index (χ0n) is 11.4. The Morgan fingerprint density at radius 3 is 2.85 bits per heavy atom. The molecule has 0 saturated carbocycles. The lowest BCUT2D eigenvalue weighted by Crippen LogP contribution is -2.19. The first-order valence-corrected chi connectivity index (χ1v) is 7.03. The normalized spacial score (nSPS) is 12.2. The summed E-state index contributed by atoms with van der Waals surface area (Å²) >= 11 is 3.49. The largest absolute Gasteiger partial charge is 0.496 e. The van der Waals surface area contributed by atoms with E-state index in [0.717, 1.165) is 15.8 Å². The molecule has 0 fully saturated rings. The van der Waals surface area contributed by atoms with Gasteiger partial charge in [-0.1, -0.05) is 6.07 Å². The number of nitrogen functional groups attached to an aromatic ring is 1. The quantitative estimate of drug-likeness (QED) is 0.878. The Morgan fingerprint density at radius 1 is 1.40 bits per heavy atom. The average Bonchev–Trinajstić information content (AvgIpc) is 2.44. The number of hydrogen-bond donors (Lipinski definition) is 2. The summed E-state index contributed by atoms with van der Waals surface area (Å²) in [5.74, 6) is 1.99. The highest BCUT2D eigenvalue weighted by Gasteiger charge is 2.09. The molecule has 2 aromatic rings. The first-order valence-electron chi connectivity index (χ1n) is 6.24. The van der Waals surface area contributed by atoms with Crippen LogP contribution in [-0.4, -0.2) is 17.1 Å². The summed E-state index contributed by atoms with van der Waals surface area (Å²) in [5.41, 5.74) is 6.78. The molecule has 20 heavy (non-hydrogen) atoms. The number of benzene rings is 1. The summed E-state index contributed by atoms with van der Waals surface area (Å²) in [6, 6.07) is 7.85. The summed E-state index contributed by atoms with van der Waals surface area (Å²) in [7, 11) is 1.65. The van der Waals surface area contributed by atoms with Crippen LogP contribution in [0.3, 0.4) is 0 Å². The van der Waals surface area contributed by atoms with Gasteiger partial charge in [0.1, 0.15) is 17.4 Å². The van der Waals surface area contributed by atoms with Gasteiger partial charge in [0.05, 0.1) is 18.1 Å². The molecule has 5 nitrogen and oxygen atoms in total. The molecule has 1 unspecified atom stereocenters. The molecule has 0 aliphatic carbocycles. The number of ether oxygens (including phenoxy) is 1. The topological polar surface area (TPSA) is 73.1 Å². The number of methoxy groups -OCH3 is 1. The summed E-state index contributed by atoms with van der Waals surface area (Å²) in [6.45, 7) is 2.65. The van der Waals surface area contributed by atoms with E-state index < -0.39 is 0 Å². The van der Waals surface area contributed by atoms with Crippen molar-refractivity contribution < 1.29 is 4.74 Å². The van der Waals surface area contributed by atoms with Crippen LogP contribution in [0.2, 0.25) is 0 Å². The second kappa shape index (κ2) is 6.67. The molecule has 1 atom stereocenters. The molecule has 2 rings (SSSR count). The maximum Gasteiger partial charge on any atom is 0.144 e. The predicted octanol–water partition coefficient (Wildman–Crippen LogP) is 2.68. The molecular weight excluding hydrogens is 320 g/mol. The Balaban J connectivity index is 2.01. The molecule has 0 saturated heterocycles. The SMILES string of the molecule is COc1ccc(C(C)NCc2nccc(N)n2)cc1Br. The summed E-state index contributed by atoms with van der Waals surface area (Å²) in [6.07, 6.45) is 1.66.